The number of hydrogen-bond acceptors (Lipinski definition) is 3. The van der Waals surface area contributed by atoms with Crippen LogP contribution in [0.15, 0.2) is 24.3 Å². The van der Waals surface area contributed by atoms with E-state index in [1.807, 2.05) is 0 Å². The van der Waals surface area contributed by atoms with Crippen molar-refractivity contribution in [3.8, 4) is 0 Å². The van der Waals surface area contributed by atoms with Crippen LogP contribution in [0.2, 0.25) is 0 Å². The molecule has 0 bridgehead atoms. The minimum atomic E-state index is -1.01. The van der Waals surface area contributed by atoms with Crippen LogP contribution in [0.25, 0.3) is 0 Å². The van der Waals surface area contributed by atoms with Crippen LogP contribution in [-0.2, 0) is 11.3 Å². The van der Waals surface area contributed by atoms with E-state index in [2.05, 4.69) is 5.32 Å². The number of nitrogens with one attached hydrogen (secondary N) is 1. The van der Waals surface area contributed by atoms with E-state index < -0.39 is 18.0 Å². The molecular weight excluding hydrogens is 210 g/mol. The van der Waals surface area contributed by atoms with E-state index in [-0.39, 0.29) is 12.1 Å². The molecule has 1 aromatic rings. The van der Waals surface area contributed by atoms with Gasteiger partial charge in [-0.2, -0.15) is 0 Å². The molecular formula is C11H13NO4. The van der Waals surface area contributed by atoms with Gasteiger partial charge in [-0.25, -0.2) is 4.79 Å². The molecule has 1 atom stereocenters. The second-order valence-electron chi connectivity index (χ2n) is 3.40. The van der Waals surface area contributed by atoms with Gasteiger partial charge < -0.3 is 15.5 Å². The Balaban J connectivity index is 2.74. The summed E-state index contributed by atoms with van der Waals surface area (Å²) in [4.78, 5) is 21.4. The molecule has 0 heterocycles. The van der Waals surface area contributed by atoms with Gasteiger partial charge in [0.2, 0.25) is 0 Å². The first-order valence-corrected chi connectivity index (χ1v) is 4.79. The normalized spacial score (nSPS) is 12.1. The van der Waals surface area contributed by atoms with Gasteiger partial charge >= 0.3 is 11.9 Å². The highest BCUT2D eigenvalue weighted by molar-refractivity contribution is 5.89. The highest BCUT2D eigenvalue weighted by Crippen LogP contribution is 2.08. The van der Waals surface area contributed by atoms with Crippen molar-refractivity contribution in [1.82, 2.24) is 5.32 Å². The molecule has 0 spiro atoms. The van der Waals surface area contributed by atoms with Crippen LogP contribution in [-0.4, -0.2) is 28.2 Å². The number of carboxylic acids is 2. The van der Waals surface area contributed by atoms with E-state index in [0.717, 1.165) is 0 Å². The monoisotopic (exact) mass is 223 g/mol. The zero-order chi connectivity index (χ0) is 12.1. The molecule has 1 rings (SSSR count). The van der Waals surface area contributed by atoms with E-state index in [1.54, 1.807) is 18.2 Å². The molecule has 0 fully saturated rings. The van der Waals surface area contributed by atoms with Gasteiger partial charge in [0.25, 0.3) is 0 Å². The van der Waals surface area contributed by atoms with Crippen molar-refractivity contribution >= 4 is 11.9 Å². The molecule has 0 unspecified atom stereocenters. The van der Waals surface area contributed by atoms with Gasteiger partial charge in [-0.05, 0) is 18.6 Å². The number of aliphatic carboxylic acids is 1. The van der Waals surface area contributed by atoms with Crippen LogP contribution < -0.4 is 5.32 Å². The number of rotatable bonds is 5. The fraction of sp³-hybridized carbons (Fsp3) is 0.273. The van der Waals surface area contributed by atoms with Crippen LogP contribution in [0, 0.1) is 0 Å². The Kier molecular flexibility index (Phi) is 4.02. The van der Waals surface area contributed by atoms with E-state index in [4.69, 9.17) is 10.2 Å². The van der Waals surface area contributed by atoms with Crippen molar-refractivity contribution in [2.24, 2.45) is 0 Å². The zero-order valence-electron chi connectivity index (χ0n) is 8.80. The molecule has 0 amide bonds. The Morgan fingerprint density at radius 3 is 2.50 bits per heavy atom. The standard InChI is InChI=1S/C11H13NO4/c1-7(10(13)14)12-6-8-4-2-3-5-9(8)11(15)16/h2-5,7,12H,6H2,1H3,(H,13,14)(H,15,16)/t7-/m1/s1. The largest absolute Gasteiger partial charge is 0.480 e. The fourth-order valence-electron chi connectivity index (χ4n) is 1.23. The molecule has 0 aliphatic heterocycles. The third-order valence-electron chi connectivity index (χ3n) is 2.22. The third kappa shape index (κ3) is 3.06. The van der Waals surface area contributed by atoms with Crippen LogP contribution in [0.4, 0.5) is 0 Å². The van der Waals surface area contributed by atoms with Gasteiger partial charge in [0, 0.05) is 6.54 Å². The summed E-state index contributed by atoms with van der Waals surface area (Å²) in [5, 5.41) is 20.3. The summed E-state index contributed by atoms with van der Waals surface area (Å²) < 4.78 is 0. The average molecular weight is 223 g/mol. The Morgan fingerprint density at radius 1 is 1.31 bits per heavy atom. The molecule has 0 radical (unpaired) electrons. The summed E-state index contributed by atoms with van der Waals surface area (Å²) in [6.45, 7) is 1.72. The third-order valence-corrected chi connectivity index (χ3v) is 2.22. The van der Waals surface area contributed by atoms with E-state index >= 15 is 0 Å². The molecule has 0 aromatic heterocycles. The zero-order valence-corrected chi connectivity index (χ0v) is 8.80. The number of benzene rings is 1. The average Bonchev–Trinajstić information content (AvgIpc) is 2.25. The molecule has 0 aliphatic rings. The number of aromatic carboxylic acids is 1. The summed E-state index contributed by atoms with van der Waals surface area (Å²) in [7, 11) is 0. The fourth-order valence-corrected chi connectivity index (χ4v) is 1.23. The molecule has 0 saturated heterocycles. The number of carbonyl (C=O) groups is 2. The van der Waals surface area contributed by atoms with Gasteiger partial charge in [-0.15, -0.1) is 0 Å². The summed E-state index contributed by atoms with van der Waals surface area (Å²) in [6.07, 6.45) is 0. The summed E-state index contributed by atoms with van der Waals surface area (Å²) in [5.41, 5.74) is 0.760. The van der Waals surface area contributed by atoms with Gasteiger partial charge in [0.1, 0.15) is 6.04 Å². The van der Waals surface area contributed by atoms with E-state index in [9.17, 15) is 9.59 Å². The lowest BCUT2D eigenvalue weighted by Gasteiger charge is -2.10. The van der Waals surface area contributed by atoms with E-state index in [1.165, 1.54) is 13.0 Å². The topological polar surface area (TPSA) is 86.6 Å². The lowest BCUT2D eigenvalue weighted by atomic mass is 10.1. The molecule has 16 heavy (non-hydrogen) atoms. The highest BCUT2D eigenvalue weighted by Gasteiger charge is 2.12. The first-order chi connectivity index (χ1) is 7.52. The summed E-state index contributed by atoms with van der Waals surface area (Å²) >= 11 is 0. The number of carboxylic acid groups (broad SMARTS) is 2. The van der Waals surface area contributed by atoms with Crippen LogP contribution >= 0.6 is 0 Å². The van der Waals surface area contributed by atoms with E-state index in [0.29, 0.717) is 5.56 Å². The van der Waals surface area contributed by atoms with Crippen molar-refractivity contribution in [3.05, 3.63) is 35.4 Å². The molecule has 1 aromatic carbocycles. The predicted molar refractivity (Wildman–Crippen MR) is 57.3 cm³/mol. The lowest BCUT2D eigenvalue weighted by Crippen LogP contribution is -2.33. The van der Waals surface area contributed by atoms with Gasteiger partial charge in [0.05, 0.1) is 5.56 Å². The maximum atomic E-state index is 10.9. The molecule has 5 heteroatoms. The highest BCUT2D eigenvalue weighted by atomic mass is 16.4. The van der Waals surface area contributed by atoms with Crippen molar-refractivity contribution < 1.29 is 19.8 Å². The Morgan fingerprint density at radius 2 is 1.94 bits per heavy atom. The van der Waals surface area contributed by atoms with Crippen LogP contribution in [0.1, 0.15) is 22.8 Å². The SMILES string of the molecule is C[C@@H](NCc1ccccc1C(=O)O)C(=O)O. The smallest absolute Gasteiger partial charge is 0.336 e. The Labute approximate surface area is 92.7 Å². The van der Waals surface area contributed by atoms with Gasteiger partial charge in [-0.3, -0.25) is 4.79 Å². The second-order valence-corrected chi connectivity index (χ2v) is 3.40. The summed E-state index contributed by atoms with van der Waals surface area (Å²) in [6, 6.07) is 5.79. The van der Waals surface area contributed by atoms with Crippen LogP contribution in [0.3, 0.4) is 0 Å². The predicted octanol–water partition coefficient (Wildman–Crippen LogP) is 0.948. The van der Waals surface area contributed by atoms with Crippen molar-refractivity contribution in [1.29, 1.82) is 0 Å². The first-order valence-electron chi connectivity index (χ1n) is 4.79. The minimum Gasteiger partial charge on any atom is -0.480 e. The quantitative estimate of drug-likeness (QED) is 0.691. The van der Waals surface area contributed by atoms with Crippen molar-refractivity contribution in [3.63, 3.8) is 0 Å². The van der Waals surface area contributed by atoms with Crippen LogP contribution in [0.5, 0.6) is 0 Å². The lowest BCUT2D eigenvalue weighted by molar-refractivity contribution is -0.139. The Hall–Kier alpha value is -1.88. The van der Waals surface area contributed by atoms with Crippen molar-refractivity contribution in [2.45, 2.75) is 19.5 Å². The molecule has 0 aliphatic carbocycles. The minimum absolute atomic E-state index is 0.188. The number of hydrogen-bond donors (Lipinski definition) is 3. The summed E-state index contributed by atoms with van der Waals surface area (Å²) in [5.74, 6) is -1.98. The van der Waals surface area contributed by atoms with Gasteiger partial charge in [0.15, 0.2) is 0 Å². The van der Waals surface area contributed by atoms with Crippen molar-refractivity contribution in [2.75, 3.05) is 0 Å². The molecule has 3 N–H and O–H groups in total. The molecule has 0 saturated carbocycles. The van der Waals surface area contributed by atoms with Gasteiger partial charge in [-0.1, -0.05) is 18.2 Å². The molecule has 86 valence electrons. The Bertz CT molecular complexity index is 403. The second kappa shape index (κ2) is 5.27. The molecule has 5 nitrogen and oxygen atoms in total. The maximum Gasteiger partial charge on any atom is 0.336 e. The maximum absolute atomic E-state index is 10.9. The first kappa shape index (κ1) is 12.2.